The van der Waals surface area contributed by atoms with Gasteiger partial charge in [0.25, 0.3) is 0 Å². The highest BCUT2D eigenvalue weighted by Crippen LogP contribution is 2.36. The minimum absolute atomic E-state index is 0.309. The summed E-state index contributed by atoms with van der Waals surface area (Å²) in [6, 6.07) is 15.6. The van der Waals surface area contributed by atoms with E-state index in [0.29, 0.717) is 17.1 Å². The lowest BCUT2D eigenvalue weighted by molar-refractivity contribution is 0.398. The molecule has 0 N–H and O–H groups in total. The molecule has 0 bridgehead atoms. The third-order valence-electron chi connectivity index (χ3n) is 4.11. The van der Waals surface area contributed by atoms with Crippen molar-refractivity contribution in [1.82, 2.24) is 14.6 Å². The summed E-state index contributed by atoms with van der Waals surface area (Å²) in [4.78, 5) is 4.15. The highest BCUT2D eigenvalue weighted by atomic mass is 19.1. The van der Waals surface area contributed by atoms with Crippen LogP contribution in [0.2, 0.25) is 0 Å². The highest BCUT2D eigenvalue weighted by Gasteiger charge is 2.17. The van der Waals surface area contributed by atoms with Crippen LogP contribution in [0.3, 0.4) is 0 Å². The number of nitrogens with zero attached hydrogens (tertiary/aromatic N) is 4. The monoisotopic (exact) mass is 344 g/mol. The maximum atomic E-state index is 13.3. The van der Waals surface area contributed by atoms with E-state index < -0.39 is 0 Å². The van der Waals surface area contributed by atoms with Crippen LogP contribution in [0, 0.1) is 17.1 Å². The fourth-order valence-corrected chi connectivity index (χ4v) is 2.89. The van der Waals surface area contributed by atoms with Gasteiger partial charge in [-0.3, -0.25) is 0 Å². The van der Waals surface area contributed by atoms with Gasteiger partial charge in [0.05, 0.1) is 18.2 Å². The van der Waals surface area contributed by atoms with Crippen molar-refractivity contribution in [3.8, 4) is 34.3 Å². The van der Waals surface area contributed by atoms with Gasteiger partial charge in [0, 0.05) is 29.6 Å². The summed E-state index contributed by atoms with van der Waals surface area (Å²) in [7, 11) is 1.56. The van der Waals surface area contributed by atoms with E-state index >= 15 is 0 Å². The summed E-state index contributed by atoms with van der Waals surface area (Å²) in [6.07, 6.45) is 3.33. The highest BCUT2D eigenvalue weighted by molar-refractivity contribution is 5.92. The molecule has 3 aromatic heterocycles. The number of aromatic nitrogens is 3. The standard InChI is InChI=1S/C20H13FN4O/c1-26-18-10-15(8-9-23-18)19-17-7-2-13(11-22)12-25(17)24-20(19)14-3-5-16(21)6-4-14/h2-10,12H,1H3. The molecule has 0 aliphatic rings. The SMILES string of the molecule is COc1cc(-c2c(-c3ccc(F)cc3)nn3cc(C#N)ccc23)ccn1. The van der Waals surface area contributed by atoms with E-state index in [9.17, 15) is 4.39 Å². The number of benzene rings is 1. The molecule has 0 aliphatic heterocycles. The smallest absolute Gasteiger partial charge is 0.213 e. The number of methoxy groups -OCH3 is 1. The zero-order chi connectivity index (χ0) is 18.1. The Labute approximate surface area is 148 Å². The molecule has 1 aromatic carbocycles. The van der Waals surface area contributed by atoms with Crippen LogP contribution >= 0.6 is 0 Å². The van der Waals surface area contributed by atoms with Gasteiger partial charge in [0.1, 0.15) is 17.6 Å². The average molecular weight is 344 g/mol. The van der Waals surface area contributed by atoms with Gasteiger partial charge < -0.3 is 4.74 Å². The van der Waals surface area contributed by atoms with Crippen LogP contribution in [-0.4, -0.2) is 21.7 Å². The van der Waals surface area contributed by atoms with Crippen molar-refractivity contribution in [3.05, 3.63) is 72.3 Å². The molecule has 4 rings (SSSR count). The summed E-state index contributed by atoms with van der Waals surface area (Å²) in [6.45, 7) is 0. The minimum atomic E-state index is -0.309. The Morgan fingerprint density at radius 2 is 1.88 bits per heavy atom. The molecule has 0 fully saturated rings. The lowest BCUT2D eigenvalue weighted by Gasteiger charge is -2.06. The van der Waals surface area contributed by atoms with E-state index in [1.165, 1.54) is 12.1 Å². The summed E-state index contributed by atoms with van der Waals surface area (Å²) in [5.74, 6) is 0.178. The first-order valence-corrected chi connectivity index (χ1v) is 7.88. The molecule has 26 heavy (non-hydrogen) atoms. The van der Waals surface area contributed by atoms with Gasteiger partial charge in [-0.2, -0.15) is 10.4 Å². The predicted octanol–water partition coefficient (Wildman–Crippen LogP) is 4.08. The second-order valence-electron chi connectivity index (χ2n) is 5.68. The van der Waals surface area contributed by atoms with Gasteiger partial charge in [0.15, 0.2) is 0 Å². The number of ether oxygens (including phenoxy) is 1. The molecule has 3 heterocycles. The Kier molecular flexibility index (Phi) is 3.82. The van der Waals surface area contributed by atoms with Crippen molar-refractivity contribution in [2.75, 3.05) is 7.11 Å². The quantitative estimate of drug-likeness (QED) is 0.562. The molecule has 0 spiro atoms. The number of hydrogen-bond donors (Lipinski definition) is 0. The Bertz CT molecular complexity index is 1140. The molecule has 5 nitrogen and oxygen atoms in total. The van der Waals surface area contributed by atoms with Crippen LogP contribution in [0.15, 0.2) is 60.9 Å². The predicted molar refractivity (Wildman–Crippen MR) is 95.1 cm³/mol. The zero-order valence-electron chi connectivity index (χ0n) is 13.8. The lowest BCUT2D eigenvalue weighted by atomic mass is 10.0. The van der Waals surface area contributed by atoms with E-state index in [0.717, 1.165) is 22.2 Å². The number of nitriles is 1. The maximum Gasteiger partial charge on any atom is 0.213 e. The lowest BCUT2D eigenvalue weighted by Crippen LogP contribution is -1.89. The average Bonchev–Trinajstić information content (AvgIpc) is 3.07. The molecule has 126 valence electrons. The number of pyridine rings is 2. The zero-order valence-corrected chi connectivity index (χ0v) is 13.8. The van der Waals surface area contributed by atoms with Crippen molar-refractivity contribution < 1.29 is 9.13 Å². The third-order valence-corrected chi connectivity index (χ3v) is 4.11. The second-order valence-corrected chi connectivity index (χ2v) is 5.68. The first-order valence-electron chi connectivity index (χ1n) is 7.88. The summed E-state index contributed by atoms with van der Waals surface area (Å²) in [5.41, 5.74) is 4.53. The molecule has 0 aliphatic carbocycles. The Morgan fingerprint density at radius 1 is 1.08 bits per heavy atom. The molecule has 0 atom stereocenters. The van der Waals surface area contributed by atoms with Gasteiger partial charge in [-0.25, -0.2) is 13.9 Å². The molecule has 0 unspecified atom stereocenters. The molecule has 0 saturated heterocycles. The van der Waals surface area contributed by atoms with Crippen molar-refractivity contribution in [2.45, 2.75) is 0 Å². The molecule has 6 heteroatoms. The fraction of sp³-hybridized carbons (Fsp3) is 0.0500. The van der Waals surface area contributed by atoms with Gasteiger partial charge in [0.2, 0.25) is 5.88 Å². The molecule has 4 aromatic rings. The molecular formula is C20H13FN4O. The second kappa shape index (κ2) is 6.30. The molecule has 0 amide bonds. The van der Waals surface area contributed by atoms with Crippen molar-refractivity contribution >= 4 is 5.52 Å². The largest absolute Gasteiger partial charge is 0.481 e. The molecular weight excluding hydrogens is 331 g/mol. The van der Waals surface area contributed by atoms with E-state index in [-0.39, 0.29) is 5.82 Å². The Hall–Kier alpha value is -3.72. The first-order chi connectivity index (χ1) is 12.7. The van der Waals surface area contributed by atoms with E-state index in [1.54, 1.807) is 42.2 Å². The fourth-order valence-electron chi connectivity index (χ4n) is 2.89. The first kappa shape index (κ1) is 15.8. The normalized spacial score (nSPS) is 10.7. The van der Waals surface area contributed by atoms with Crippen LogP contribution < -0.4 is 4.74 Å². The van der Waals surface area contributed by atoms with E-state index in [2.05, 4.69) is 16.2 Å². The summed E-state index contributed by atoms with van der Waals surface area (Å²) < 4.78 is 20.2. The van der Waals surface area contributed by atoms with Crippen LogP contribution in [0.25, 0.3) is 27.9 Å². The Morgan fingerprint density at radius 3 is 2.62 bits per heavy atom. The summed E-state index contributed by atoms with van der Waals surface area (Å²) >= 11 is 0. The van der Waals surface area contributed by atoms with Crippen molar-refractivity contribution in [3.63, 3.8) is 0 Å². The Balaban J connectivity index is 2.03. The minimum Gasteiger partial charge on any atom is -0.481 e. The molecule has 0 saturated carbocycles. The van der Waals surface area contributed by atoms with Gasteiger partial charge in [-0.05, 0) is 48.0 Å². The number of halogens is 1. The van der Waals surface area contributed by atoms with Crippen LogP contribution in [-0.2, 0) is 0 Å². The third kappa shape index (κ3) is 2.66. The molecule has 0 radical (unpaired) electrons. The van der Waals surface area contributed by atoms with E-state index in [1.807, 2.05) is 18.2 Å². The summed E-state index contributed by atoms with van der Waals surface area (Å²) in [5, 5.41) is 13.8. The van der Waals surface area contributed by atoms with Crippen molar-refractivity contribution in [2.24, 2.45) is 0 Å². The van der Waals surface area contributed by atoms with Crippen LogP contribution in [0.5, 0.6) is 5.88 Å². The van der Waals surface area contributed by atoms with Crippen LogP contribution in [0.1, 0.15) is 5.56 Å². The van der Waals surface area contributed by atoms with Crippen LogP contribution in [0.4, 0.5) is 4.39 Å². The van der Waals surface area contributed by atoms with Gasteiger partial charge >= 0.3 is 0 Å². The van der Waals surface area contributed by atoms with Gasteiger partial charge in [-0.15, -0.1) is 0 Å². The number of fused-ring (bicyclic) bond motifs is 1. The van der Waals surface area contributed by atoms with E-state index in [4.69, 9.17) is 10.00 Å². The number of hydrogen-bond acceptors (Lipinski definition) is 4. The maximum absolute atomic E-state index is 13.3. The van der Waals surface area contributed by atoms with Gasteiger partial charge in [-0.1, -0.05) is 0 Å². The van der Waals surface area contributed by atoms with Crippen molar-refractivity contribution in [1.29, 1.82) is 5.26 Å². The topological polar surface area (TPSA) is 63.2 Å². The number of rotatable bonds is 3.